The molecule has 21 heavy (non-hydrogen) atoms. The molecule has 0 atom stereocenters. The van der Waals surface area contributed by atoms with Crippen LogP contribution in [-0.2, 0) is 0 Å². The topological polar surface area (TPSA) is 69.7 Å². The largest absolute Gasteiger partial charge is 0.497 e. The summed E-state index contributed by atoms with van der Waals surface area (Å²) in [6, 6.07) is 8.37. The lowest BCUT2D eigenvalue weighted by Crippen LogP contribution is -2.13. The zero-order valence-corrected chi connectivity index (χ0v) is 12.0. The maximum atomic E-state index is 12.3. The fourth-order valence-corrected chi connectivity index (χ4v) is 1.76. The third-order valence-electron chi connectivity index (χ3n) is 2.86. The molecule has 0 fully saturated rings. The van der Waals surface area contributed by atoms with Gasteiger partial charge < -0.3 is 19.5 Å². The highest BCUT2D eigenvalue weighted by Crippen LogP contribution is 2.25. The van der Waals surface area contributed by atoms with E-state index in [1.54, 1.807) is 37.4 Å². The molecule has 2 aromatic rings. The van der Waals surface area contributed by atoms with Crippen molar-refractivity contribution < 1.29 is 19.0 Å². The van der Waals surface area contributed by atoms with E-state index in [1.165, 1.54) is 20.4 Å². The van der Waals surface area contributed by atoms with E-state index in [9.17, 15) is 4.79 Å². The lowest BCUT2D eigenvalue weighted by molar-refractivity contribution is 0.102. The van der Waals surface area contributed by atoms with E-state index in [0.29, 0.717) is 28.6 Å². The summed E-state index contributed by atoms with van der Waals surface area (Å²) in [4.78, 5) is 16.3. The summed E-state index contributed by atoms with van der Waals surface area (Å²) in [7, 11) is 4.58. The molecule has 1 heterocycles. The number of hydrogen-bond acceptors (Lipinski definition) is 5. The van der Waals surface area contributed by atoms with Crippen molar-refractivity contribution in [3.63, 3.8) is 0 Å². The molecule has 0 aliphatic rings. The molecule has 2 rings (SSSR count). The summed E-state index contributed by atoms with van der Waals surface area (Å²) in [6.45, 7) is 0. The number of amides is 1. The maximum Gasteiger partial charge on any atom is 0.259 e. The van der Waals surface area contributed by atoms with Crippen molar-refractivity contribution in [3.05, 3.63) is 42.1 Å². The van der Waals surface area contributed by atoms with Gasteiger partial charge in [-0.3, -0.25) is 4.79 Å². The summed E-state index contributed by atoms with van der Waals surface area (Å²) in [6.07, 6.45) is 1.52. The summed E-state index contributed by atoms with van der Waals surface area (Å²) in [5.41, 5.74) is 0.979. The number of pyridine rings is 1. The Bertz CT molecular complexity index is 626. The first-order valence-corrected chi connectivity index (χ1v) is 6.21. The predicted octanol–water partition coefficient (Wildman–Crippen LogP) is 2.36. The first-order chi connectivity index (χ1) is 10.2. The molecule has 0 saturated heterocycles. The van der Waals surface area contributed by atoms with E-state index in [4.69, 9.17) is 14.2 Å². The zero-order chi connectivity index (χ0) is 15.2. The molecule has 0 radical (unpaired) electrons. The zero-order valence-electron chi connectivity index (χ0n) is 12.0. The van der Waals surface area contributed by atoms with Gasteiger partial charge in [-0.2, -0.15) is 0 Å². The van der Waals surface area contributed by atoms with E-state index >= 15 is 0 Å². The Labute approximate surface area is 122 Å². The van der Waals surface area contributed by atoms with Crippen LogP contribution in [0.5, 0.6) is 17.4 Å². The number of nitrogens with one attached hydrogen (secondary N) is 1. The van der Waals surface area contributed by atoms with Gasteiger partial charge in [-0.1, -0.05) is 0 Å². The predicted molar refractivity (Wildman–Crippen MR) is 78.3 cm³/mol. The van der Waals surface area contributed by atoms with Crippen molar-refractivity contribution in [2.24, 2.45) is 0 Å². The number of nitrogens with zero attached hydrogens (tertiary/aromatic N) is 1. The van der Waals surface area contributed by atoms with E-state index in [1.807, 2.05) is 0 Å². The Balaban J connectivity index is 2.19. The van der Waals surface area contributed by atoms with E-state index in [0.717, 1.165) is 0 Å². The second-order valence-electron chi connectivity index (χ2n) is 4.11. The van der Waals surface area contributed by atoms with Crippen molar-refractivity contribution >= 4 is 11.6 Å². The number of benzene rings is 1. The number of methoxy groups -OCH3 is 3. The average molecular weight is 288 g/mol. The van der Waals surface area contributed by atoms with Crippen molar-refractivity contribution in [3.8, 4) is 17.4 Å². The maximum absolute atomic E-state index is 12.3. The molecule has 1 amide bonds. The van der Waals surface area contributed by atoms with Crippen LogP contribution in [0.4, 0.5) is 5.69 Å². The molecule has 110 valence electrons. The molecule has 0 saturated carbocycles. The summed E-state index contributed by atoms with van der Waals surface area (Å²) in [5, 5.41) is 2.74. The van der Waals surface area contributed by atoms with Crippen LogP contribution in [0, 0.1) is 0 Å². The van der Waals surface area contributed by atoms with Crippen molar-refractivity contribution in [1.29, 1.82) is 0 Å². The number of anilines is 1. The second-order valence-corrected chi connectivity index (χ2v) is 4.11. The fraction of sp³-hybridized carbons (Fsp3) is 0.200. The molecule has 1 aromatic heterocycles. The lowest BCUT2D eigenvalue weighted by atomic mass is 10.1. The number of aromatic nitrogens is 1. The normalized spacial score (nSPS) is 9.86. The standard InChI is InChI=1S/C15H16N2O4/c1-19-11-5-6-12(13(8-11)20-2)15(18)17-10-4-7-14(21-3)16-9-10/h4-9H,1-3H3,(H,17,18). The van der Waals surface area contributed by atoms with Crippen LogP contribution in [0.2, 0.25) is 0 Å². The number of ether oxygens (including phenoxy) is 3. The summed E-state index contributed by atoms with van der Waals surface area (Å²) in [5.74, 6) is 1.25. The van der Waals surface area contributed by atoms with E-state index in [2.05, 4.69) is 10.3 Å². The first-order valence-electron chi connectivity index (χ1n) is 6.21. The van der Waals surface area contributed by atoms with Crippen LogP contribution in [0.15, 0.2) is 36.5 Å². The minimum absolute atomic E-state index is 0.290. The Hall–Kier alpha value is -2.76. The van der Waals surface area contributed by atoms with Gasteiger partial charge in [-0.15, -0.1) is 0 Å². The van der Waals surface area contributed by atoms with Crippen LogP contribution in [-0.4, -0.2) is 32.2 Å². The number of carbonyl (C=O) groups excluding carboxylic acids is 1. The molecule has 1 N–H and O–H groups in total. The van der Waals surface area contributed by atoms with Gasteiger partial charge in [0.2, 0.25) is 5.88 Å². The second kappa shape index (κ2) is 6.60. The van der Waals surface area contributed by atoms with Gasteiger partial charge in [-0.25, -0.2) is 4.98 Å². The van der Waals surface area contributed by atoms with Crippen molar-refractivity contribution in [2.45, 2.75) is 0 Å². The first kappa shape index (κ1) is 14.6. The number of rotatable bonds is 5. The number of carbonyl (C=O) groups is 1. The molecule has 1 aromatic carbocycles. The fourth-order valence-electron chi connectivity index (χ4n) is 1.76. The highest BCUT2D eigenvalue weighted by molar-refractivity contribution is 6.06. The molecule has 0 bridgehead atoms. The van der Waals surface area contributed by atoms with Crippen molar-refractivity contribution in [1.82, 2.24) is 4.98 Å². The lowest BCUT2D eigenvalue weighted by Gasteiger charge is -2.10. The SMILES string of the molecule is COc1ccc(C(=O)Nc2ccc(OC)nc2)c(OC)c1. The molecule has 6 heteroatoms. The van der Waals surface area contributed by atoms with Crippen LogP contribution < -0.4 is 19.5 Å². The van der Waals surface area contributed by atoms with Gasteiger partial charge in [0.25, 0.3) is 5.91 Å². The Morgan fingerprint density at radius 3 is 2.43 bits per heavy atom. The molecular formula is C15H16N2O4. The monoisotopic (exact) mass is 288 g/mol. The summed E-state index contributed by atoms with van der Waals surface area (Å²) >= 11 is 0. The summed E-state index contributed by atoms with van der Waals surface area (Å²) < 4.78 is 15.3. The van der Waals surface area contributed by atoms with Crippen LogP contribution >= 0.6 is 0 Å². The van der Waals surface area contributed by atoms with Gasteiger partial charge in [-0.05, 0) is 18.2 Å². The Kier molecular flexibility index (Phi) is 4.61. The van der Waals surface area contributed by atoms with E-state index < -0.39 is 0 Å². The van der Waals surface area contributed by atoms with Gasteiger partial charge in [0, 0.05) is 12.1 Å². The highest BCUT2D eigenvalue weighted by atomic mass is 16.5. The van der Waals surface area contributed by atoms with Gasteiger partial charge in [0.15, 0.2) is 0 Å². The van der Waals surface area contributed by atoms with Gasteiger partial charge >= 0.3 is 0 Å². The Morgan fingerprint density at radius 1 is 1.05 bits per heavy atom. The van der Waals surface area contributed by atoms with Crippen LogP contribution in [0.3, 0.4) is 0 Å². The minimum Gasteiger partial charge on any atom is -0.497 e. The Morgan fingerprint density at radius 2 is 1.86 bits per heavy atom. The quantitative estimate of drug-likeness (QED) is 0.914. The van der Waals surface area contributed by atoms with Crippen molar-refractivity contribution in [2.75, 3.05) is 26.6 Å². The molecule has 0 aliphatic heterocycles. The van der Waals surface area contributed by atoms with Gasteiger partial charge in [0.1, 0.15) is 11.5 Å². The molecular weight excluding hydrogens is 272 g/mol. The molecule has 0 spiro atoms. The smallest absolute Gasteiger partial charge is 0.259 e. The third kappa shape index (κ3) is 3.42. The van der Waals surface area contributed by atoms with E-state index in [-0.39, 0.29) is 5.91 Å². The van der Waals surface area contributed by atoms with Crippen LogP contribution in [0.1, 0.15) is 10.4 Å². The molecule has 6 nitrogen and oxygen atoms in total. The molecule has 0 unspecified atom stereocenters. The molecule has 0 aliphatic carbocycles. The highest BCUT2D eigenvalue weighted by Gasteiger charge is 2.13. The van der Waals surface area contributed by atoms with Crippen LogP contribution in [0.25, 0.3) is 0 Å². The number of hydrogen-bond donors (Lipinski definition) is 1. The average Bonchev–Trinajstić information content (AvgIpc) is 2.54. The minimum atomic E-state index is -0.290. The van der Waals surface area contributed by atoms with Gasteiger partial charge in [0.05, 0.1) is 38.8 Å². The third-order valence-corrected chi connectivity index (χ3v) is 2.86.